The van der Waals surface area contributed by atoms with Gasteiger partial charge in [0.05, 0.1) is 12.3 Å². The first-order valence-electron chi connectivity index (χ1n) is 8.22. The Labute approximate surface area is 143 Å². The van der Waals surface area contributed by atoms with Gasteiger partial charge in [0, 0.05) is 12.1 Å². The van der Waals surface area contributed by atoms with Crippen molar-refractivity contribution in [2.24, 2.45) is 0 Å². The summed E-state index contributed by atoms with van der Waals surface area (Å²) in [5.74, 6) is -0.877. The lowest BCUT2D eigenvalue weighted by Crippen LogP contribution is -2.54. The first-order chi connectivity index (χ1) is 11.2. The predicted molar refractivity (Wildman–Crippen MR) is 93.4 cm³/mol. The monoisotopic (exact) mass is 354 g/mol. The number of likely N-dealkylation sites (N-methyl/N-ethyl adjacent to an activating group) is 1. The Hall–Kier alpha value is -1.44. The summed E-state index contributed by atoms with van der Waals surface area (Å²) in [6.45, 7) is 6.54. The minimum absolute atomic E-state index is 0.00325. The Bertz CT molecular complexity index is 697. The molecule has 1 saturated carbocycles. The molecule has 2 rings (SSSR count). The molecule has 6 nitrogen and oxygen atoms in total. The van der Waals surface area contributed by atoms with Crippen LogP contribution in [0.25, 0.3) is 0 Å². The van der Waals surface area contributed by atoms with Gasteiger partial charge in [-0.3, -0.25) is 9.69 Å². The quantitative estimate of drug-likeness (QED) is 0.741. The number of sulfonamides is 1. The average Bonchev–Trinajstić information content (AvgIpc) is 2.43. The van der Waals surface area contributed by atoms with Crippen molar-refractivity contribution in [2.75, 3.05) is 13.1 Å². The number of carbonyl (C=O) groups is 1. The molecule has 1 aromatic rings. The summed E-state index contributed by atoms with van der Waals surface area (Å²) in [6, 6.07) is 5.72. The first kappa shape index (κ1) is 18.9. The van der Waals surface area contributed by atoms with E-state index in [0.29, 0.717) is 19.4 Å². The fourth-order valence-electron chi connectivity index (χ4n) is 3.06. The van der Waals surface area contributed by atoms with E-state index in [4.69, 9.17) is 5.11 Å². The van der Waals surface area contributed by atoms with Crippen molar-refractivity contribution < 1.29 is 18.3 Å². The second-order valence-electron chi connectivity index (χ2n) is 6.57. The van der Waals surface area contributed by atoms with Crippen LogP contribution in [0.15, 0.2) is 18.2 Å². The van der Waals surface area contributed by atoms with Crippen molar-refractivity contribution in [1.82, 2.24) is 9.62 Å². The van der Waals surface area contributed by atoms with E-state index in [1.807, 2.05) is 43.9 Å². The maximum atomic E-state index is 12.3. The molecule has 1 fully saturated rings. The molecule has 0 atom stereocenters. The molecule has 1 aliphatic rings. The first-order valence-corrected chi connectivity index (χ1v) is 9.87. The number of rotatable bonds is 8. The minimum atomic E-state index is -3.39. The van der Waals surface area contributed by atoms with Crippen LogP contribution in [0.1, 0.15) is 36.5 Å². The summed E-state index contributed by atoms with van der Waals surface area (Å²) in [6.07, 6.45) is 1.32. The number of carboxylic acids is 1. The van der Waals surface area contributed by atoms with Crippen LogP contribution in [0.3, 0.4) is 0 Å². The van der Waals surface area contributed by atoms with Crippen molar-refractivity contribution in [2.45, 2.75) is 51.4 Å². The van der Waals surface area contributed by atoms with E-state index in [1.54, 1.807) is 0 Å². The van der Waals surface area contributed by atoms with E-state index < -0.39 is 16.0 Å². The highest BCUT2D eigenvalue weighted by Gasteiger charge is 2.35. The molecule has 0 aromatic heterocycles. The van der Waals surface area contributed by atoms with E-state index in [1.165, 1.54) is 0 Å². The molecular weight excluding hydrogens is 328 g/mol. The normalized spacial score (nSPS) is 20.8. The van der Waals surface area contributed by atoms with Crippen LogP contribution < -0.4 is 4.72 Å². The highest BCUT2D eigenvalue weighted by Crippen LogP contribution is 2.26. The van der Waals surface area contributed by atoms with Gasteiger partial charge < -0.3 is 5.11 Å². The van der Waals surface area contributed by atoms with Gasteiger partial charge in [-0.15, -0.1) is 0 Å². The van der Waals surface area contributed by atoms with Crippen molar-refractivity contribution in [3.05, 3.63) is 34.9 Å². The number of nitrogens with zero attached hydrogens (tertiary/aromatic N) is 1. The molecule has 2 N–H and O–H groups in total. The van der Waals surface area contributed by atoms with Gasteiger partial charge in [0.25, 0.3) is 0 Å². The van der Waals surface area contributed by atoms with Crippen molar-refractivity contribution >= 4 is 16.0 Å². The van der Waals surface area contributed by atoms with E-state index in [9.17, 15) is 13.2 Å². The average molecular weight is 354 g/mol. The molecule has 134 valence electrons. The third-order valence-electron chi connectivity index (χ3n) is 4.65. The number of hydrogen-bond acceptors (Lipinski definition) is 4. The largest absolute Gasteiger partial charge is 0.480 e. The Morgan fingerprint density at radius 2 is 1.96 bits per heavy atom. The summed E-state index contributed by atoms with van der Waals surface area (Å²) >= 11 is 0. The van der Waals surface area contributed by atoms with Gasteiger partial charge in [-0.1, -0.05) is 25.1 Å². The fourth-order valence-corrected chi connectivity index (χ4v) is 4.47. The van der Waals surface area contributed by atoms with Crippen LogP contribution in [-0.2, 0) is 20.6 Å². The molecule has 0 heterocycles. The number of aryl methyl sites for hydroxylation is 2. The van der Waals surface area contributed by atoms with Crippen molar-refractivity contribution in [3.63, 3.8) is 0 Å². The summed E-state index contributed by atoms with van der Waals surface area (Å²) in [4.78, 5) is 12.7. The fraction of sp³-hybridized carbons (Fsp3) is 0.588. The zero-order chi connectivity index (χ0) is 17.9. The van der Waals surface area contributed by atoms with Gasteiger partial charge >= 0.3 is 5.97 Å². The Morgan fingerprint density at radius 3 is 2.50 bits per heavy atom. The van der Waals surface area contributed by atoms with Crippen molar-refractivity contribution in [1.29, 1.82) is 0 Å². The summed E-state index contributed by atoms with van der Waals surface area (Å²) < 4.78 is 27.3. The number of benzene rings is 1. The Balaban J connectivity index is 1.87. The molecule has 0 radical (unpaired) electrons. The maximum absolute atomic E-state index is 12.3. The van der Waals surface area contributed by atoms with Gasteiger partial charge in [-0.05, 0) is 49.9 Å². The lowest BCUT2D eigenvalue weighted by atomic mass is 9.86. The molecule has 1 aliphatic carbocycles. The number of carboxylic acid groups (broad SMARTS) is 1. The van der Waals surface area contributed by atoms with E-state index in [-0.39, 0.29) is 24.4 Å². The van der Waals surface area contributed by atoms with E-state index >= 15 is 0 Å². The highest BCUT2D eigenvalue weighted by molar-refractivity contribution is 7.88. The lowest BCUT2D eigenvalue weighted by Gasteiger charge is -2.42. The van der Waals surface area contributed by atoms with Gasteiger partial charge in [-0.2, -0.15) is 0 Å². The van der Waals surface area contributed by atoms with Crippen LogP contribution in [0, 0.1) is 13.8 Å². The van der Waals surface area contributed by atoms with Gasteiger partial charge in [0.2, 0.25) is 10.0 Å². The number of nitrogens with one attached hydrogen (secondary N) is 1. The zero-order valence-corrected chi connectivity index (χ0v) is 15.3. The highest BCUT2D eigenvalue weighted by atomic mass is 32.2. The standard InChI is InChI=1S/C17H26N2O4S/c1-4-19(10-17(20)21)16-8-15(9-16)18-24(22,23)11-14-6-5-12(2)13(3)7-14/h5-7,15-16,18H,4,8-11H2,1-3H3,(H,20,21). The Kier molecular flexibility index (Phi) is 6.01. The topological polar surface area (TPSA) is 86.7 Å². The molecule has 0 spiro atoms. The summed E-state index contributed by atoms with van der Waals surface area (Å²) in [5, 5.41) is 8.89. The third kappa shape index (κ3) is 5.03. The molecule has 1 aromatic carbocycles. The second-order valence-corrected chi connectivity index (χ2v) is 8.33. The van der Waals surface area contributed by atoms with Gasteiger partial charge in [0.15, 0.2) is 0 Å². The van der Waals surface area contributed by atoms with E-state index in [2.05, 4.69) is 4.72 Å². The number of hydrogen-bond donors (Lipinski definition) is 2. The lowest BCUT2D eigenvalue weighted by molar-refractivity contribution is -0.139. The van der Waals surface area contributed by atoms with Crippen LogP contribution in [-0.4, -0.2) is 49.6 Å². The minimum Gasteiger partial charge on any atom is -0.480 e. The molecule has 0 amide bonds. The van der Waals surface area contributed by atoms with Gasteiger partial charge in [0.1, 0.15) is 0 Å². The third-order valence-corrected chi connectivity index (χ3v) is 6.05. The summed E-state index contributed by atoms with van der Waals surface area (Å²) in [5.41, 5.74) is 3.00. The SMILES string of the molecule is CCN(CC(=O)O)C1CC(NS(=O)(=O)Cc2ccc(C)c(C)c2)C1. The van der Waals surface area contributed by atoms with E-state index in [0.717, 1.165) is 16.7 Å². The van der Waals surface area contributed by atoms with Crippen LogP contribution in [0.4, 0.5) is 0 Å². The molecule has 0 bridgehead atoms. The van der Waals surface area contributed by atoms with Crippen molar-refractivity contribution in [3.8, 4) is 0 Å². The van der Waals surface area contributed by atoms with Crippen LogP contribution >= 0.6 is 0 Å². The smallest absolute Gasteiger partial charge is 0.317 e. The Morgan fingerprint density at radius 1 is 1.29 bits per heavy atom. The molecule has 0 unspecified atom stereocenters. The molecule has 24 heavy (non-hydrogen) atoms. The predicted octanol–water partition coefficient (Wildman–Crippen LogP) is 1.66. The maximum Gasteiger partial charge on any atom is 0.317 e. The summed E-state index contributed by atoms with van der Waals surface area (Å²) in [7, 11) is -3.39. The molecule has 0 aliphatic heterocycles. The van der Waals surface area contributed by atoms with Crippen LogP contribution in [0.5, 0.6) is 0 Å². The van der Waals surface area contributed by atoms with Gasteiger partial charge in [-0.25, -0.2) is 13.1 Å². The molecular formula is C17H26N2O4S. The number of aliphatic carboxylic acids is 1. The van der Waals surface area contributed by atoms with Crippen LogP contribution in [0.2, 0.25) is 0 Å². The molecule has 0 saturated heterocycles. The molecule has 7 heteroatoms. The zero-order valence-electron chi connectivity index (χ0n) is 14.4. The second kappa shape index (κ2) is 7.63.